The first-order chi connectivity index (χ1) is 6.93. The number of carbonyl (C=O) groups is 1. The molecule has 2 unspecified atom stereocenters. The number of rotatable bonds is 4. The van der Waals surface area contributed by atoms with Gasteiger partial charge in [0.2, 0.25) is 0 Å². The van der Waals surface area contributed by atoms with Gasteiger partial charge in [-0.15, -0.1) is 11.3 Å². The predicted molar refractivity (Wildman–Crippen MR) is 57.8 cm³/mol. The molecule has 0 fully saturated rings. The number of aryl methyl sites for hydroxylation is 1. The Hall–Kier alpha value is -0.940. The van der Waals surface area contributed by atoms with Crippen molar-refractivity contribution in [1.29, 1.82) is 0 Å². The average molecular weight is 229 g/mol. The second-order valence-corrected chi connectivity index (χ2v) is 4.91. The summed E-state index contributed by atoms with van der Waals surface area (Å²) in [5, 5.41) is 21.4. The van der Waals surface area contributed by atoms with E-state index in [-0.39, 0.29) is 5.92 Å². The molecular weight excluding hydrogens is 214 g/mol. The van der Waals surface area contributed by atoms with Crippen molar-refractivity contribution >= 4 is 17.3 Å². The van der Waals surface area contributed by atoms with Crippen LogP contribution in [0.2, 0.25) is 0 Å². The highest BCUT2D eigenvalue weighted by atomic mass is 32.1. The number of aromatic nitrogens is 1. The smallest absolute Gasteiger partial charge is 0.309 e. The van der Waals surface area contributed by atoms with Crippen LogP contribution in [-0.4, -0.2) is 21.2 Å². The molecule has 0 spiro atoms. The topological polar surface area (TPSA) is 70.4 Å². The van der Waals surface area contributed by atoms with Crippen LogP contribution >= 0.6 is 11.3 Å². The quantitative estimate of drug-likeness (QED) is 0.826. The monoisotopic (exact) mass is 229 g/mol. The molecule has 0 saturated carbocycles. The van der Waals surface area contributed by atoms with Gasteiger partial charge < -0.3 is 10.2 Å². The lowest BCUT2D eigenvalue weighted by Gasteiger charge is -2.20. The molecule has 0 aromatic carbocycles. The SMILES string of the molecule is Cc1nc(C(O)C(C(=O)O)C(C)C)cs1. The molecule has 84 valence electrons. The van der Waals surface area contributed by atoms with Crippen LogP contribution in [0.4, 0.5) is 0 Å². The number of aliphatic hydroxyl groups excluding tert-OH is 1. The van der Waals surface area contributed by atoms with Crippen LogP contribution in [-0.2, 0) is 4.79 Å². The normalized spacial score (nSPS) is 15.3. The third-order valence-corrected chi connectivity index (χ3v) is 3.08. The predicted octanol–water partition coefficient (Wildman–Crippen LogP) is 1.84. The summed E-state index contributed by atoms with van der Waals surface area (Å²) in [6.07, 6.45) is -1.02. The maximum Gasteiger partial charge on any atom is 0.309 e. The van der Waals surface area contributed by atoms with Crippen LogP contribution in [0.1, 0.15) is 30.7 Å². The molecule has 0 aliphatic heterocycles. The van der Waals surface area contributed by atoms with Crippen LogP contribution < -0.4 is 0 Å². The fraction of sp³-hybridized carbons (Fsp3) is 0.600. The number of aliphatic hydroxyl groups is 1. The van der Waals surface area contributed by atoms with Crippen molar-refractivity contribution in [2.45, 2.75) is 26.9 Å². The average Bonchev–Trinajstić information content (AvgIpc) is 2.50. The Bertz CT molecular complexity index is 348. The second kappa shape index (κ2) is 4.72. The minimum atomic E-state index is -1.02. The minimum Gasteiger partial charge on any atom is -0.481 e. The van der Waals surface area contributed by atoms with Gasteiger partial charge in [-0.05, 0) is 12.8 Å². The molecule has 1 rings (SSSR count). The maximum absolute atomic E-state index is 11.0. The number of nitrogens with zero attached hydrogens (tertiary/aromatic N) is 1. The largest absolute Gasteiger partial charge is 0.481 e. The van der Waals surface area contributed by atoms with Crippen molar-refractivity contribution in [3.05, 3.63) is 16.1 Å². The molecule has 1 heterocycles. The summed E-state index contributed by atoms with van der Waals surface area (Å²) >= 11 is 1.41. The Morgan fingerprint density at radius 2 is 2.13 bits per heavy atom. The van der Waals surface area contributed by atoms with E-state index in [1.54, 1.807) is 19.2 Å². The lowest BCUT2D eigenvalue weighted by atomic mass is 9.89. The highest BCUT2D eigenvalue weighted by Crippen LogP contribution is 2.28. The lowest BCUT2D eigenvalue weighted by Crippen LogP contribution is -2.27. The molecule has 0 aliphatic carbocycles. The Labute approximate surface area is 92.6 Å². The third-order valence-electron chi connectivity index (χ3n) is 2.28. The molecule has 4 nitrogen and oxygen atoms in total. The first-order valence-electron chi connectivity index (χ1n) is 4.76. The van der Waals surface area contributed by atoms with Crippen molar-refractivity contribution in [2.75, 3.05) is 0 Å². The first kappa shape index (κ1) is 12.1. The van der Waals surface area contributed by atoms with Crippen molar-refractivity contribution in [1.82, 2.24) is 4.98 Å². The van der Waals surface area contributed by atoms with Gasteiger partial charge in [-0.2, -0.15) is 0 Å². The second-order valence-electron chi connectivity index (χ2n) is 3.84. The number of hydrogen-bond acceptors (Lipinski definition) is 4. The van der Waals surface area contributed by atoms with E-state index in [1.165, 1.54) is 11.3 Å². The van der Waals surface area contributed by atoms with E-state index in [1.807, 2.05) is 6.92 Å². The van der Waals surface area contributed by atoms with Crippen LogP contribution in [0.5, 0.6) is 0 Å². The third kappa shape index (κ3) is 2.76. The fourth-order valence-electron chi connectivity index (χ4n) is 1.48. The molecule has 1 aromatic rings. The molecule has 0 aliphatic rings. The molecule has 2 atom stereocenters. The molecular formula is C10H15NO3S. The number of thiazole rings is 1. The molecule has 2 N–H and O–H groups in total. The maximum atomic E-state index is 11.0. The molecule has 0 radical (unpaired) electrons. The summed E-state index contributed by atoms with van der Waals surface area (Å²) in [5.74, 6) is -1.91. The highest BCUT2D eigenvalue weighted by molar-refractivity contribution is 7.09. The molecule has 5 heteroatoms. The number of hydrogen-bond donors (Lipinski definition) is 2. The fourth-order valence-corrected chi connectivity index (χ4v) is 2.13. The van der Waals surface area contributed by atoms with Gasteiger partial charge in [0, 0.05) is 5.38 Å². The van der Waals surface area contributed by atoms with Gasteiger partial charge in [-0.3, -0.25) is 4.79 Å². The molecule has 1 aromatic heterocycles. The Morgan fingerprint density at radius 1 is 1.53 bits per heavy atom. The zero-order chi connectivity index (χ0) is 11.6. The number of carboxylic acid groups (broad SMARTS) is 1. The van der Waals surface area contributed by atoms with E-state index in [0.29, 0.717) is 5.69 Å². The molecule has 15 heavy (non-hydrogen) atoms. The van der Waals surface area contributed by atoms with Crippen molar-refractivity contribution in [3.8, 4) is 0 Å². The van der Waals surface area contributed by atoms with Gasteiger partial charge >= 0.3 is 5.97 Å². The van der Waals surface area contributed by atoms with Crippen molar-refractivity contribution in [3.63, 3.8) is 0 Å². The van der Waals surface area contributed by atoms with Gasteiger partial charge in [0.25, 0.3) is 0 Å². The number of aliphatic carboxylic acids is 1. The van der Waals surface area contributed by atoms with E-state index in [2.05, 4.69) is 4.98 Å². The lowest BCUT2D eigenvalue weighted by molar-refractivity contribution is -0.148. The minimum absolute atomic E-state index is 0.125. The van der Waals surface area contributed by atoms with Crippen LogP contribution in [0, 0.1) is 18.8 Å². The van der Waals surface area contributed by atoms with E-state index >= 15 is 0 Å². The van der Waals surface area contributed by atoms with Crippen molar-refractivity contribution in [2.24, 2.45) is 11.8 Å². The Morgan fingerprint density at radius 3 is 2.47 bits per heavy atom. The van der Waals surface area contributed by atoms with Gasteiger partial charge in [-0.1, -0.05) is 13.8 Å². The molecule has 0 bridgehead atoms. The van der Waals surface area contributed by atoms with E-state index in [9.17, 15) is 9.90 Å². The Kier molecular flexibility index (Phi) is 3.82. The molecule has 0 saturated heterocycles. The van der Waals surface area contributed by atoms with Gasteiger partial charge in [0.15, 0.2) is 0 Å². The Balaban J connectivity index is 2.90. The summed E-state index contributed by atoms with van der Waals surface area (Å²) in [4.78, 5) is 15.1. The zero-order valence-electron chi connectivity index (χ0n) is 8.97. The van der Waals surface area contributed by atoms with E-state index in [0.717, 1.165) is 5.01 Å². The van der Waals surface area contributed by atoms with Crippen LogP contribution in [0.3, 0.4) is 0 Å². The van der Waals surface area contributed by atoms with Crippen LogP contribution in [0.25, 0.3) is 0 Å². The van der Waals surface area contributed by atoms with Crippen LogP contribution in [0.15, 0.2) is 5.38 Å². The highest BCUT2D eigenvalue weighted by Gasteiger charge is 2.31. The summed E-state index contributed by atoms with van der Waals surface area (Å²) in [6.45, 7) is 5.38. The number of carboxylic acids is 1. The summed E-state index contributed by atoms with van der Waals surface area (Å²) in [7, 11) is 0. The molecule has 0 amide bonds. The standard InChI is InChI=1S/C10H15NO3S/c1-5(2)8(10(13)14)9(12)7-4-15-6(3)11-7/h4-5,8-9,12H,1-3H3,(H,13,14). The van der Waals surface area contributed by atoms with E-state index < -0.39 is 18.0 Å². The van der Waals surface area contributed by atoms with Gasteiger partial charge in [0.1, 0.15) is 6.10 Å². The summed E-state index contributed by atoms with van der Waals surface area (Å²) in [6, 6.07) is 0. The summed E-state index contributed by atoms with van der Waals surface area (Å²) in [5.41, 5.74) is 0.457. The van der Waals surface area contributed by atoms with Gasteiger partial charge in [-0.25, -0.2) is 4.98 Å². The van der Waals surface area contributed by atoms with Gasteiger partial charge in [0.05, 0.1) is 16.6 Å². The van der Waals surface area contributed by atoms with Crippen molar-refractivity contribution < 1.29 is 15.0 Å². The van der Waals surface area contributed by atoms with E-state index in [4.69, 9.17) is 5.11 Å². The first-order valence-corrected chi connectivity index (χ1v) is 5.64. The zero-order valence-corrected chi connectivity index (χ0v) is 9.78. The summed E-state index contributed by atoms with van der Waals surface area (Å²) < 4.78 is 0.